The predicted octanol–water partition coefficient (Wildman–Crippen LogP) is 8.52. The van der Waals surface area contributed by atoms with E-state index in [1.54, 1.807) is 51.4 Å². The van der Waals surface area contributed by atoms with Gasteiger partial charge in [-0.15, -0.1) is 0 Å². The highest BCUT2D eigenvalue weighted by molar-refractivity contribution is 5.10. The number of piperidine rings is 4. The summed E-state index contributed by atoms with van der Waals surface area (Å²) in [6, 6.07) is 1.77. The van der Waals surface area contributed by atoms with Gasteiger partial charge in [0.15, 0.2) is 0 Å². The third kappa shape index (κ3) is 8.45. The Balaban J connectivity index is 0.685. The quantitative estimate of drug-likeness (QED) is 0.197. The van der Waals surface area contributed by atoms with Crippen LogP contribution in [0.2, 0.25) is 0 Å². The Morgan fingerprint density at radius 2 is 0.644 bits per heavy atom. The molecule has 14 unspecified atom stereocenters. The summed E-state index contributed by atoms with van der Waals surface area (Å²) in [5.41, 5.74) is 0.527. The molecular weight excluding hydrogens is 721 g/mol. The van der Waals surface area contributed by atoms with Crippen LogP contribution in [-0.2, 0) is 0 Å². The molecule has 0 aromatic rings. The molecule has 4 N–H and O–H groups in total. The summed E-state index contributed by atoms with van der Waals surface area (Å²) in [7, 11) is 0. The molecule has 0 aromatic carbocycles. The second kappa shape index (κ2) is 18.0. The molecule has 0 aromatic heterocycles. The molecule has 14 atom stereocenters. The fourth-order valence-corrected chi connectivity index (χ4v) is 18.7. The minimum Gasteiger partial charge on any atom is -0.316 e. The number of nitrogens with one attached hydrogen (secondary N) is 4. The molecule has 0 spiro atoms. The molecule has 0 amide bonds. The van der Waals surface area contributed by atoms with Crippen molar-refractivity contribution < 1.29 is 0 Å². The van der Waals surface area contributed by atoms with Gasteiger partial charge in [-0.1, -0.05) is 13.8 Å². The number of hydrogen-bond acceptors (Lipinski definition) is 6. The summed E-state index contributed by atoms with van der Waals surface area (Å²) in [6.07, 6.45) is 30.2. The molecular formula is C53H92N6. The first-order chi connectivity index (χ1) is 28.9. The van der Waals surface area contributed by atoms with Crippen LogP contribution in [0, 0.1) is 100 Å². The summed E-state index contributed by atoms with van der Waals surface area (Å²) >= 11 is 0. The fraction of sp³-hybridized carbons (Fsp3) is 1.00. The molecule has 11 aliphatic rings. The van der Waals surface area contributed by atoms with E-state index in [4.69, 9.17) is 0 Å². The van der Waals surface area contributed by atoms with Gasteiger partial charge in [0.2, 0.25) is 0 Å². The van der Waals surface area contributed by atoms with Crippen LogP contribution in [0.1, 0.15) is 142 Å². The Morgan fingerprint density at radius 1 is 0.339 bits per heavy atom. The molecule has 59 heavy (non-hydrogen) atoms. The first kappa shape index (κ1) is 41.5. The van der Waals surface area contributed by atoms with Crippen LogP contribution in [0.15, 0.2) is 0 Å². The van der Waals surface area contributed by atoms with E-state index in [0.29, 0.717) is 5.41 Å². The predicted molar refractivity (Wildman–Crippen MR) is 244 cm³/mol. The van der Waals surface area contributed by atoms with Gasteiger partial charge < -0.3 is 21.3 Å². The molecule has 11 fully saturated rings. The average Bonchev–Trinajstić information content (AvgIpc) is 3.48. The Labute approximate surface area is 362 Å². The zero-order chi connectivity index (χ0) is 39.5. The summed E-state index contributed by atoms with van der Waals surface area (Å²) in [5.74, 6) is 15.8. The number of likely N-dealkylation sites (tertiary alicyclic amines) is 2. The smallest absolute Gasteiger partial charge is 0.00985 e. The van der Waals surface area contributed by atoms with Crippen molar-refractivity contribution in [3.8, 4) is 0 Å². The van der Waals surface area contributed by atoms with Crippen molar-refractivity contribution in [3.05, 3.63) is 0 Å². The Kier molecular flexibility index (Phi) is 12.6. The minimum atomic E-state index is 0.527. The Hall–Kier alpha value is -0.240. The Morgan fingerprint density at radius 3 is 0.932 bits per heavy atom. The lowest BCUT2D eigenvalue weighted by molar-refractivity contribution is -0.0478. The molecule has 334 valence electrons. The van der Waals surface area contributed by atoms with Crippen LogP contribution in [0.4, 0.5) is 0 Å². The van der Waals surface area contributed by atoms with Gasteiger partial charge in [-0.3, -0.25) is 9.80 Å². The van der Waals surface area contributed by atoms with Gasteiger partial charge in [0.25, 0.3) is 0 Å². The summed E-state index contributed by atoms with van der Waals surface area (Å²) in [6.45, 7) is 21.6. The molecule has 5 aliphatic carbocycles. The highest BCUT2D eigenvalue weighted by Gasteiger charge is 2.59. The van der Waals surface area contributed by atoms with E-state index in [-0.39, 0.29) is 0 Å². The van der Waals surface area contributed by atoms with Crippen LogP contribution >= 0.6 is 0 Å². The van der Waals surface area contributed by atoms with Crippen molar-refractivity contribution in [2.24, 2.45) is 100 Å². The van der Waals surface area contributed by atoms with Gasteiger partial charge in [0, 0.05) is 38.3 Å². The first-order valence-corrected chi connectivity index (χ1v) is 27.3. The van der Waals surface area contributed by atoms with E-state index < -0.39 is 0 Å². The first-order valence-electron chi connectivity index (χ1n) is 27.3. The van der Waals surface area contributed by atoms with E-state index in [0.717, 1.165) is 107 Å². The third-order valence-electron chi connectivity index (χ3n) is 22.1. The molecule has 0 radical (unpaired) electrons. The maximum absolute atomic E-state index is 3.81. The van der Waals surface area contributed by atoms with Crippen LogP contribution in [0.5, 0.6) is 0 Å². The monoisotopic (exact) mass is 813 g/mol. The number of nitrogens with zero attached hydrogens (tertiary/aromatic N) is 2. The Bertz CT molecular complexity index is 1200. The lowest BCUT2D eigenvalue weighted by atomic mass is 9.61. The van der Waals surface area contributed by atoms with E-state index >= 15 is 0 Å². The van der Waals surface area contributed by atoms with Gasteiger partial charge in [-0.05, 0) is 281 Å². The van der Waals surface area contributed by atoms with E-state index in [9.17, 15) is 0 Å². The van der Waals surface area contributed by atoms with Crippen molar-refractivity contribution in [1.82, 2.24) is 31.1 Å². The zero-order valence-electron chi connectivity index (χ0n) is 38.4. The highest BCUT2D eigenvalue weighted by atomic mass is 15.2. The van der Waals surface area contributed by atoms with Crippen molar-refractivity contribution in [1.29, 1.82) is 0 Å². The van der Waals surface area contributed by atoms with Gasteiger partial charge >= 0.3 is 0 Å². The van der Waals surface area contributed by atoms with E-state index in [1.165, 1.54) is 156 Å². The van der Waals surface area contributed by atoms with Crippen LogP contribution in [-0.4, -0.2) is 100 Å². The average molecular weight is 813 g/mol. The molecule has 11 rings (SSSR count). The van der Waals surface area contributed by atoms with Gasteiger partial charge in [-0.2, -0.15) is 0 Å². The van der Waals surface area contributed by atoms with Crippen molar-refractivity contribution in [3.63, 3.8) is 0 Å². The summed E-state index contributed by atoms with van der Waals surface area (Å²) in [4.78, 5) is 6.11. The summed E-state index contributed by atoms with van der Waals surface area (Å²) < 4.78 is 0. The lowest BCUT2D eigenvalue weighted by Gasteiger charge is -2.54. The minimum absolute atomic E-state index is 0.527. The SMILES string of the molecule is CC1(C)C2CC(N3CC(C4CC(C5CCCNC5)CC(C5CCCNC5)C4)C3)CCC2C2CCC(N3CC(C4CC(C5CCCNC5)CC(C5CCCNC5)C4)C3)CC21. The zero-order valence-corrected chi connectivity index (χ0v) is 38.4. The maximum atomic E-state index is 3.81. The molecule has 5 saturated carbocycles. The normalized spacial score (nSPS) is 49.3. The molecule has 6 heteroatoms. The van der Waals surface area contributed by atoms with Gasteiger partial charge in [0.1, 0.15) is 0 Å². The second-order valence-corrected chi connectivity index (χ2v) is 25.1. The number of hydrogen-bond donors (Lipinski definition) is 4. The third-order valence-corrected chi connectivity index (χ3v) is 22.1. The largest absolute Gasteiger partial charge is 0.316 e. The van der Waals surface area contributed by atoms with E-state index in [1.807, 2.05) is 0 Å². The molecule has 6 nitrogen and oxygen atoms in total. The van der Waals surface area contributed by atoms with Crippen LogP contribution < -0.4 is 21.3 Å². The van der Waals surface area contributed by atoms with Gasteiger partial charge in [-0.25, -0.2) is 0 Å². The number of fused-ring (bicyclic) bond motifs is 3. The standard InChI is InChI=1S/C53H92N6/c1-53(2)51-25-47(58-31-45(32-58)43-21-39(35-7-3-15-54-27-35)19-40(22-43)36-8-4-16-55-28-36)11-13-49(51)50-14-12-48(26-52(50)53)59-33-46(34-59)44-23-41(37-9-5-17-56-29-37)20-42(24-44)38-10-6-18-57-30-38/h35-52,54-57H,3-34H2,1-2H3. The van der Waals surface area contributed by atoms with Crippen LogP contribution in [0.3, 0.4) is 0 Å². The fourth-order valence-electron chi connectivity index (χ4n) is 18.7. The van der Waals surface area contributed by atoms with Crippen molar-refractivity contribution >= 4 is 0 Å². The maximum Gasteiger partial charge on any atom is 0.00985 e. The summed E-state index contributed by atoms with van der Waals surface area (Å²) in [5, 5.41) is 15.3. The van der Waals surface area contributed by atoms with Crippen LogP contribution in [0.25, 0.3) is 0 Å². The second-order valence-electron chi connectivity index (χ2n) is 25.1. The molecule has 6 aliphatic heterocycles. The number of rotatable bonds is 8. The van der Waals surface area contributed by atoms with E-state index in [2.05, 4.69) is 44.9 Å². The highest BCUT2D eigenvalue weighted by Crippen LogP contribution is 2.64. The topological polar surface area (TPSA) is 54.6 Å². The molecule has 0 bridgehead atoms. The van der Waals surface area contributed by atoms with Crippen molar-refractivity contribution in [2.75, 3.05) is 78.5 Å². The lowest BCUT2D eigenvalue weighted by Crippen LogP contribution is -2.57. The van der Waals surface area contributed by atoms with Gasteiger partial charge in [0.05, 0.1) is 0 Å². The molecule has 6 heterocycles. The molecule has 6 saturated heterocycles. The van der Waals surface area contributed by atoms with Crippen molar-refractivity contribution in [2.45, 2.75) is 154 Å².